The molecule has 1 aromatic heterocycles. The lowest BCUT2D eigenvalue weighted by Gasteiger charge is -2.03. The van der Waals surface area contributed by atoms with Gasteiger partial charge < -0.3 is 14.5 Å². The Morgan fingerprint density at radius 1 is 1.50 bits per heavy atom. The molecule has 0 aliphatic heterocycles. The Bertz CT molecular complexity index is 531. The summed E-state index contributed by atoms with van der Waals surface area (Å²) in [7, 11) is 0. The first kappa shape index (κ1) is 13.4. The zero-order chi connectivity index (χ0) is 13.0. The summed E-state index contributed by atoms with van der Waals surface area (Å²) in [5.41, 5.74) is 0.790. The molecule has 0 atom stereocenters. The van der Waals surface area contributed by atoms with E-state index in [1.165, 1.54) is 0 Å². The fourth-order valence-electron chi connectivity index (χ4n) is 1.32. The highest BCUT2D eigenvalue weighted by atomic mass is 79.9. The molecule has 4 nitrogen and oxygen atoms in total. The first-order valence-corrected chi connectivity index (χ1v) is 6.64. The molecule has 0 aliphatic rings. The first-order chi connectivity index (χ1) is 8.69. The fraction of sp³-hybridized carbons (Fsp3) is 0.250. The molecule has 0 unspecified atom stereocenters. The third kappa shape index (κ3) is 3.48. The van der Waals surface area contributed by atoms with Crippen LogP contribution in [0.4, 0.5) is 0 Å². The molecule has 96 valence electrons. The van der Waals surface area contributed by atoms with Crippen LogP contribution in [0.25, 0.3) is 0 Å². The maximum absolute atomic E-state index is 6.01. The van der Waals surface area contributed by atoms with Gasteiger partial charge in [-0.15, -0.1) is 0 Å². The Hall–Kier alpha value is -1.04. The smallest absolute Gasteiger partial charge is 0.399 e. The molecule has 0 spiro atoms. The minimum atomic E-state index is 0.183. The van der Waals surface area contributed by atoms with Gasteiger partial charge in [-0.25, -0.2) is 0 Å². The molecule has 0 bridgehead atoms. The van der Waals surface area contributed by atoms with Crippen molar-refractivity contribution in [3.8, 4) is 11.8 Å². The van der Waals surface area contributed by atoms with E-state index >= 15 is 0 Å². The Balaban J connectivity index is 2.08. The number of hydrogen-bond acceptors (Lipinski definition) is 4. The van der Waals surface area contributed by atoms with Gasteiger partial charge in [-0.1, -0.05) is 34.5 Å². The summed E-state index contributed by atoms with van der Waals surface area (Å²) < 4.78 is 11.6. The third-order valence-electron chi connectivity index (χ3n) is 2.18. The minimum absolute atomic E-state index is 0.183. The van der Waals surface area contributed by atoms with Crippen molar-refractivity contribution in [1.29, 1.82) is 0 Å². The molecule has 2 rings (SSSR count). The number of aromatic nitrogens is 1. The van der Waals surface area contributed by atoms with Gasteiger partial charge >= 0.3 is 6.08 Å². The molecule has 0 saturated carbocycles. The van der Waals surface area contributed by atoms with E-state index < -0.39 is 0 Å². The van der Waals surface area contributed by atoms with Crippen molar-refractivity contribution < 1.29 is 9.15 Å². The molecule has 1 heterocycles. The summed E-state index contributed by atoms with van der Waals surface area (Å²) in [5, 5.41) is 3.65. The van der Waals surface area contributed by atoms with E-state index in [0.717, 1.165) is 16.7 Å². The van der Waals surface area contributed by atoms with Crippen LogP contribution >= 0.6 is 27.5 Å². The van der Waals surface area contributed by atoms with Gasteiger partial charge in [-0.2, -0.15) is 4.98 Å². The number of benzene rings is 1. The zero-order valence-corrected chi connectivity index (χ0v) is 12.1. The standard InChI is InChI=1S/C12H12BrClN2O2/c1-2-15-6-9-7-17-12(16-9)18-11-5-8(13)3-4-10(11)14/h3-5,7,15H,2,6H2,1H3. The number of ether oxygens (including phenoxy) is 1. The summed E-state index contributed by atoms with van der Waals surface area (Å²) in [6, 6.07) is 5.33. The van der Waals surface area contributed by atoms with Crippen LogP contribution in [0.5, 0.6) is 11.8 Å². The normalized spacial score (nSPS) is 10.6. The van der Waals surface area contributed by atoms with Gasteiger partial charge in [0.15, 0.2) is 5.75 Å². The topological polar surface area (TPSA) is 47.3 Å². The molecule has 1 N–H and O–H groups in total. The molecule has 0 aliphatic carbocycles. The Morgan fingerprint density at radius 3 is 3.11 bits per heavy atom. The molecule has 18 heavy (non-hydrogen) atoms. The van der Waals surface area contributed by atoms with Crippen LogP contribution in [-0.2, 0) is 6.54 Å². The van der Waals surface area contributed by atoms with E-state index in [4.69, 9.17) is 20.8 Å². The second-order valence-electron chi connectivity index (χ2n) is 3.56. The number of halogens is 2. The van der Waals surface area contributed by atoms with Crippen LogP contribution in [0.3, 0.4) is 0 Å². The van der Waals surface area contributed by atoms with Crippen LogP contribution in [0, 0.1) is 0 Å². The SMILES string of the molecule is CCNCc1coc(Oc2cc(Br)ccc2Cl)n1. The second kappa shape index (κ2) is 6.22. The Kier molecular flexibility index (Phi) is 4.63. The van der Waals surface area contributed by atoms with Crippen molar-refractivity contribution in [3.05, 3.63) is 39.7 Å². The number of nitrogens with one attached hydrogen (secondary N) is 1. The summed E-state index contributed by atoms with van der Waals surface area (Å²) in [5.74, 6) is 0.503. The lowest BCUT2D eigenvalue weighted by Crippen LogP contribution is -2.11. The Labute approximate surface area is 118 Å². The summed E-state index contributed by atoms with van der Waals surface area (Å²) in [4.78, 5) is 4.19. The third-order valence-corrected chi connectivity index (χ3v) is 2.98. The fourth-order valence-corrected chi connectivity index (χ4v) is 1.82. The molecule has 2 aromatic rings. The molecule has 0 radical (unpaired) electrons. The van der Waals surface area contributed by atoms with E-state index in [1.807, 2.05) is 13.0 Å². The highest BCUT2D eigenvalue weighted by Gasteiger charge is 2.09. The molecular weight excluding hydrogens is 320 g/mol. The number of oxazole rings is 1. The maximum Gasteiger partial charge on any atom is 0.399 e. The molecule has 6 heteroatoms. The minimum Gasteiger partial charge on any atom is -0.417 e. The van der Waals surface area contributed by atoms with Crippen molar-refractivity contribution >= 4 is 27.5 Å². The predicted octanol–water partition coefficient (Wildman–Crippen LogP) is 3.99. The summed E-state index contributed by atoms with van der Waals surface area (Å²) in [6.45, 7) is 3.55. The largest absolute Gasteiger partial charge is 0.417 e. The lowest BCUT2D eigenvalue weighted by molar-refractivity contribution is 0.330. The average Bonchev–Trinajstić information content (AvgIpc) is 2.79. The van der Waals surface area contributed by atoms with Crippen molar-refractivity contribution in [3.63, 3.8) is 0 Å². The van der Waals surface area contributed by atoms with Crippen LogP contribution in [0.2, 0.25) is 5.02 Å². The molecular formula is C12H12BrClN2O2. The van der Waals surface area contributed by atoms with E-state index in [0.29, 0.717) is 17.3 Å². The van der Waals surface area contributed by atoms with Gasteiger partial charge in [0.25, 0.3) is 0 Å². The number of hydrogen-bond donors (Lipinski definition) is 1. The van der Waals surface area contributed by atoms with E-state index in [-0.39, 0.29) is 6.08 Å². The van der Waals surface area contributed by atoms with Gasteiger partial charge in [0, 0.05) is 11.0 Å². The molecule has 1 aromatic carbocycles. The van der Waals surface area contributed by atoms with Crippen LogP contribution in [0.1, 0.15) is 12.6 Å². The predicted molar refractivity (Wildman–Crippen MR) is 73.1 cm³/mol. The Morgan fingerprint density at radius 2 is 2.33 bits per heavy atom. The molecule has 0 saturated heterocycles. The van der Waals surface area contributed by atoms with Crippen LogP contribution < -0.4 is 10.1 Å². The summed E-state index contributed by atoms with van der Waals surface area (Å²) in [6.07, 6.45) is 1.74. The number of rotatable bonds is 5. The van der Waals surface area contributed by atoms with E-state index in [1.54, 1.807) is 18.4 Å². The van der Waals surface area contributed by atoms with E-state index in [2.05, 4.69) is 26.2 Å². The van der Waals surface area contributed by atoms with Gasteiger partial charge in [0.1, 0.15) is 6.26 Å². The van der Waals surface area contributed by atoms with Crippen molar-refractivity contribution in [2.75, 3.05) is 6.54 Å². The van der Waals surface area contributed by atoms with Crippen LogP contribution in [0.15, 0.2) is 33.4 Å². The first-order valence-electron chi connectivity index (χ1n) is 5.47. The van der Waals surface area contributed by atoms with Crippen molar-refractivity contribution in [2.45, 2.75) is 13.5 Å². The lowest BCUT2D eigenvalue weighted by atomic mass is 10.3. The molecule has 0 amide bonds. The quantitative estimate of drug-likeness (QED) is 0.900. The molecule has 0 fully saturated rings. The van der Waals surface area contributed by atoms with Crippen molar-refractivity contribution in [1.82, 2.24) is 10.3 Å². The maximum atomic E-state index is 6.01. The highest BCUT2D eigenvalue weighted by molar-refractivity contribution is 9.10. The van der Waals surface area contributed by atoms with Gasteiger partial charge in [-0.3, -0.25) is 0 Å². The zero-order valence-electron chi connectivity index (χ0n) is 9.74. The monoisotopic (exact) mass is 330 g/mol. The number of nitrogens with zero attached hydrogens (tertiary/aromatic N) is 1. The second-order valence-corrected chi connectivity index (χ2v) is 4.88. The highest BCUT2D eigenvalue weighted by Crippen LogP contribution is 2.31. The van der Waals surface area contributed by atoms with Crippen LogP contribution in [-0.4, -0.2) is 11.5 Å². The van der Waals surface area contributed by atoms with Gasteiger partial charge in [0.05, 0.1) is 10.7 Å². The van der Waals surface area contributed by atoms with Gasteiger partial charge in [-0.05, 0) is 24.7 Å². The summed E-state index contributed by atoms with van der Waals surface area (Å²) >= 11 is 9.36. The van der Waals surface area contributed by atoms with Gasteiger partial charge in [0.2, 0.25) is 0 Å². The van der Waals surface area contributed by atoms with Crippen molar-refractivity contribution in [2.24, 2.45) is 0 Å². The van der Waals surface area contributed by atoms with E-state index in [9.17, 15) is 0 Å². The average molecular weight is 332 g/mol.